The minimum Gasteiger partial charge on any atom is -0.480 e. The smallest absolute Gasteiger partial charge is 0.328 e. The lowest BCUT2D eigenvalue weighted by Crippen LogP contribution is -2.59. The van der Waals surface area contributed by atoms with Crippen LogP contribution in [0.3, 0.4) is 0 Å². The number of aliphatic hydroxyl groups excluding tert-OH is 1. The Hall–Kier alpha value is -2.98. The number of rotatable bonds is 14. The Balaban J connectivity index is 3.12. The van der Waals surface area contributed by atoms with Crippen molar-refractivity contribution in [1.29, 1.82) is 0 Å². The third-order valence-corrected chi connectivity index (χ3v) is 5.86. The van der Waals surface area contributed by atoms with Crippen molar-refractivity contribution in [3.8, 4) is 0 Å². The molecule has 0 aliphatic rings. The van der Waals surface area contributed by atoms with Crippen molar-refractivity contribution in [2.45, 2.75) is 84.2 Å². The number of amides is 3. The summed E-state index contributed by atoms with van der Waals surface area (Å²) < 4.78 is 0. The van der Waals surface area contributed by atoms with Gasteiger partial charge >= 0.3 is 5.97 Å². The lowest BCUT2D eigenvalue weighted by Gasteiger charge is -2.27. The molecule has 6 atom stereocenters. The number of carboxylic acid groups (broad SMARTS) is 1. The molecule has 35 heavy (non-hydrogen) atoms. The lowest BCUT2D eigenvalue weighted by molar-refractivity contribution is -0.145. The quantitative estimate of drug-likeness (QED) is 0.220. The van der Waals surface area contributed by atoms with E-state index in [1.54, 1.807) is 0 Å². The number of carbonyl (C=O) groups is 4. The molecular weight excluding hydrogens is 452 g/mol. The van der Waals surface area contributed by atoms with E-state index in [1.807, 2.05) is 58.0 Å². The first kappa shape index (κ1) is 30.1. The summed E-state index contributed by atoms with van der Waals surface area (Å²) in [6.45, 7) is 8.72. The molecule has 0 bridgehead atoms. The van der Waals surface area contributed by atoms with Crippen LogP contribution < -0.4 is 21.7 Å². The predicted octanol–water partition coefficient (Wildman–Crippen LogP) is 0.568. The summed E-state index contributed by atoms with van der Waals surface area (Å²) in [7, 11) is 0. The number of carboxylic acids is 1. The molecule has 0 saturated heterocycles. The van der Waals surface area contributed by atoms with Gasteiger partial charge in [0, 0.05) is 6.42 Å². The van der Waals surface area contributed by atoms with E-state index in [2.05, 4.69) is 16.0 Å². The molecule has 6 unspecified atom stereocenters. The lowest BCUT2D eigenvalue weighted by atomic mass is 9.97. The highest BCUT2D eigenvalue weighted by Crippen LogP contribution is 2.10. The molecule has 1 rings (SSSR count). The van der Waals surface area contributed by atoms with Crippen LogP contribution in [0, 0.1) is 11.8 Å². The minimum absolute atomic E-state index is 0.0122. The van der Waals surface area contributed by atoms with Crippen LogP contribution in [0.4, 0.5) is 0 Å². The maximum atomic E-state index is 13.3. The molecule has 0 aliphatic heterocycles. The zero-order valence-corrected chi connectivity index (χ0v) is 21.2. The van der Waals surface area contributed by atoms with E-state index >= 15 is 0 Å². The second kappa shape index (κ2) is 14.4. The van der Waals surface area contributed by atoms with Crippen molar-refractivity contribution in [2.24, 2.45) is 17.6 Å². The van der Waals surface area contributed by atoms with Crippen LogP contribution in [-0.4, -0.2) is 64.2 Å². The molecule has 3 amide bonds. The van der Waals surface area contributed by atoms with Crippen molar-refractivity contribution < 1.29 is 29.4 Å². The highest BCUT2D eigenvalue weighted by Gasteiger charge is 2.32. The molecule has 10 nitrogen and oxygen atoms in total. The van der Waals surface area contributed by atoms with E-state index in [1.165, 1.54) is 6.92 Å². The van der Waals surface area contributed by atoms with Crippen LogP contribution in [0.15, 0.2) is 30.3 Å². The average Bonchev–Trinajstić information content (AvgIpc) is 2.80. The maximum absolute atomic E-state index is 13.3. The van der Waals surface area contributed by atoms with Gasteiger partial charge in [0.25, 0.3) is 0 Å². The Morgan fingerprint density at radius 3 is 1.91 bits per heavy atom. The van der Waals surface area contributed by atoms with Gasteiger partial charge in [0.1, 0.15) is 12.1 Å². The van der Waals surface area contributed by atoms with Gasteiger partial charge in [-0.15, -0.1) is 0 Å². The first-order chi connectivity index (χ1) is 16.4. The van der Waals surface area contributed by atoms with E-state index < -0.39 is 54.0 Å². The molecule has 0 saturated carbocycles. The summed E-state index contributed by atoms with van der Waals surface area (Å²) in [6.07, 6.45) is -0.247. The van der Waals surface area contributed by atoms with Gasteiger partial charge < -0.3 is 31.9 Å². The van der Waals surface area contributed by atoms with Crippen LogP contribution in [-0.2, 0) is 25.6 Å². The normalized spacial score (nSPS) is 16.3. The minimum atomic E-state index is -1.53. The van der Waals surface area contributed by atoms with Gasteiger partial charge in [-0.1, -0.05) is 64.4 Å². The summed E-state index contributed by atoms with van der Waals surface area (Å²) in [5.41, 5.74) is 6.85. The molecule has 0 aromatic heterocycles. The Morgan fingerprint density at radius 2 is 1.43 bits per heavy atom. The van der Waals surface area contributed by atoms with Crippen molar-refractivity contribution in [2.75, 3.05) is 0 Å². The molecule has 0 fully saturated rings. The fourth-order valence-electron chi connectivity index (χ4n) is 3.46. The zero-order chi connectivity index (χ0) is 26.7. The third kappa shape index (κ3) is 10.0. The zero-order valence-electron chi connectivity index (χ0n) is 21.2. The highest BCUT2D eigenvalue weighted by molar-refractivity contribution is 5.94. The van der Waals surface area contributed by atoms with Gasteiger partial charge in [0.15, 0.2) is 6.04 Å². The van der Waals surface area contributed by atoms with E-state index in [-0.39, 0.29) is 24.7 Å². The number of hydrogen-bond acceptors (Lipinski definition) is 6. The number of aliphatic carboxylic acids is 1. The summed E-state index contributed by atoms with van der Waals surface area (Å²) in [5, 5.41) is 26.6. The largest absolute Gasteiger partial charge is 0.480 e. The molecule has 0 spiro atoms. The molecule has 0 aliphatic carbocycles. The van der Waals surface area contributed by atoms with Crippen molar-refractivity contribution >= 4 is 23.7 Å². The van der Waals surface area contributed by atoms with E-state index in [0.717, 1.165) is 5.56 Å². The molecule has 0 heterocycles. The number of benzene rings is 1. The fourth-order valence-corrected chi connectivity index (χ4v) is 3.46. The topological polar surface area (TPSA) is 171 Å². The summed E-state index contributed by atoms with van der Waals surface area (Å²) in [6, 6.07) is 4.70. The van der Waals surface area contributed by atoms with Gasteiger partial charge in [-0.2, -0.15) is 0 Å². The second-order valence-corrected chi connectivity index (χ2v) is 9.42. The average molecular weight is 493 g/mol. The first-order valence-corrected chi connectivity index (χ1v) is 12.0. The van der Waals surface area contributed by atoms with Gasteiger partial charge in [0.05, 0.1) is 12.1 Å². The number of nitrogens with two attached hydrogens (primary N) is 1. The number of carbonyl (C=O) groups excluding carboxylic acids is 3. The molecule has 10 heteroatoms. The van der Waals surface area contributed by atoms with Crippen LogP contribution in [0.2, 0.25) is 0 Å². The Morgan fingerprint density at radius 1 is 0.886 bits per heavy atom. The van der Waals surface area contributed by atoms with Crippen LogP contribution in [0.1, 0.15) is 53.0 Å². The van der Waals surface area contributed by atoms with Gasteiger partial charge in [-0.3, -0.25) is 14.4 Å². The molecule has 7 N–H and O–H groups in total. The van der Waals surface area contributed by atoms with E-state index in [9.17, 15) is 29.4 Å². The molecule has 0 radical (unpaired) electrons. The van der Waals surface area contributed by atoms with E-state index in [0.29, 0.717) is 6.42 Å². The Kier molecular flexibility index (Phi) is 12.4. The molecular formula is C25H40N4O6. The molecule has 196 valence electrons. The Labute approximate surface area is 207 Å². The fraction of sp³-hybridized carbons (Fsp3) is 0.600. The second-order valence-electron chi connectivity index (χ2n) is 9.42. The molecule has 1 aromatic carbocycles. The Bertz CT molecular complexity index is 846. The van der Waals surface area contributed by atoms with Gasteiger partial charge in [-0.05, 0) is 30.7 Å². The SMILES string of the molecule is CCC(C)C(N)C(=O)NC(Cc1ccccc1)C(=O)NC(CC(C)C)C(=O)NC(C(=O)O)C(C)O. The standard InChI is InChI=1S/C25H40N4O6/c1-6-15(4)20(26)24(33)28-19(13-17-10-8-7-9-11-17)22(31)27-18(12-14(2)3)23(32)29-21(16(5)30)25(34)35/h7-11,14-16,18-21,30H,6,12-13,26H2,1-5H3,(H,27,31)(H,28,33)(H,29,32)(H,34,35). The predicted molar refractivity (Wildman–Crippen MR) is 132 cm³/mol. The van der Waals surface area contributed by atoms with Crippen molar-refractivity contribution in [3.05, 3.63) is 35.9 Å². The van der Waals surface area contributed by atoms with E-state index in [4.69, 9.17) is 5.73 Å². The van der Waals surface area contributed by atoms with Gasteiger partial charge in [0.2, 0.25) is 17.7 Å². The number of nitrogens with one attached hydrogen (secondary N) is 3. The molecule has 1 aromatic rings. The number of hydrogen-bond donors (Lipinski definition) is 6. The van der Waals surface area contributed by atoms with Gasteiger partial charge in [-0.25, -0.2) is 4.79 Å². The first-order valence-electron chi connectivity index (χ1n) is 12.0. The highest BCUT2D eigenvalue weighted by atomic mass is 16.4. The monoisotopic (exact) mass is 492 g/mol. The van der Waals surface area contributed by atoms with Crippen LogP contribution in [0.25, 0.3) is 0 Å². The van der Waals surface area contributed by atoms with Crippen LogP contribution >= 0.6 is 0 Å². The third-order valence-electron chi connectivity index (χ3n) is 5.86. The van der Waals surface area contributed by atoms with Crippen LogP contribution in [0.5, 0.6) is 0 Å². The summed E-state index contributed by atoms with van der Waals surface area (Å²) in [4.78, 5) is 50.3. The van der Waals surface area contributed by atoms with Crippen molar-refractivity contribution in [1.82, 2.24) is 16.0 Å². The maximum Gasteiger partial charge on any atom is 0.328 e. The number of aliphatic hydroxyl groups is 1. The summed E-state index contributed by atoms with van der Waals surface area (Å²) >= 11 is 0. The van der Waals surface area contributed by atoms with Crippen molar-refractivity contribution in [3.63, 3.8) is 0 Å². The summed E-state index contributed by atoms with van der Waals surface area (Å²) in [5.74, 6) is -3.30.